The summed E-state index contributed by atoms with van der Waals surface area (Å²) in [5, 5.41) is 8.84. The van der Waals surface area contributed by atoms with Gasteiger partial charge in [-0.3, -0.25) is 19.3 Å². The van der Waals surface area contributed by atoms with E-state index in [4.69, 9.17) is 0 Å². The van der Waals surface area contributed by atoms with Crippen LogP contribution in [-0.4, -0.2) is 48.3 Å². The van der Waals surface area contributed by atoms with E-state index >= 15 is 0 Å². The number of hydrogen-bond acceptors (Lipinski definition) is 4. The van der Waals surface area contributed by atoms with E-state index in [9.17, 15) is 14.4 Å². The second kappa shape index (κ2) is 9.09. The van der Waals surface area contributed by atoms with Crippen LogP contribution in [0.3, 0.4) is 0 Å². The van der Waals surface area contributed by atoms with Crippen molar-refractivity contribution in [1.82, 2.24) is 10.2 Å². The highest BCUT2D eigenvalue weighted by atomic mass is 16.2. The van der Waals surface area contributed by atoms with E-state index in [1.54, 1.807) is 0 Å². The van der Waals surface area contributed by atoms with E-state index in [0.717, 1.165) is 37.2 Å². The van der Waals surface area contributed by atoms with E-state index in [0.29, 0.717) is 12.2 Å². The van der Waals surface area contributed by atoms with Gasteiger partial charge < -0.3 is 16.0 Å². The first kappa shape index (κ1) is 20.1. The van der Waals surface area contributed by atoms with Crippen molar-refractivity contribution in [2.75, 3.05) is 30.3 Å². The number of para-hydroxylation sites is 2. The first-order chi connectivity index (χ1) is 14.6. The molecule has 0 radical (unpaired) electrons. The highest BCUT2D eigenvalue weighted by molar-refractivity contribution is 6.01. The summed E-state index contributed by atoms with van der Waals surface area (Å²) in [6, 6.07) is 16.9. The van der Waals surface area contributed by atoms with Gasteiger partial charge >= 0.3 is 0 Å². The second-order valence-electron chi connectivity index (χ2n) is 7.87. The fourth-order valence-electron chi connectivity index (χ4n) is 4.11. The lowest BCUT2D eigenvalue weighted by atomic mass is 9.89. The molecule has 0 unspecified atom stereocenters. The monoisotopic (exact) mass is 406 g/mol. The number of benzene rings is 2. The summed E-state index contributed by atoms with van der Waals surface area (Å²) in [6.45, 7) is 1.83. The summed E-state index contributed by atoms with van der Waals surface area (Å²) >= 11 is 0. The molecule has 7 heteroatoms. The molecule has 30 heavy (non-hydrogen) atoms. The molecule has 2 aromatic carbocycles. The van der Waals surface area contributed by atoms with Gasteiger partial charge in [0.1, 0.15) is 0 Å². The molecule has 2 aromatic rings. The zero-order valence-corrected chi connectivity index (χ0v) is 16.8. The van der Waals surface area contributed by atoms with Crippen LogP contribution >= 0.6 is 0 Å². The Morgan fingerprint density at radius 1 is 1.00 bits per heavy atom. The average Bonchev–Trinajstić information content (AvgIpc) is 2.75. The maximum atomic E-state index is 12.9. The minimum absolute atomic E-state index is 0.0338. The maximum Gasteiger partial charge on any atom is 0.238 e. The standard InChI is InChI=1S/C23H26N4O3/c28-21-14-19(18-8-4-5-9-20(18)26-21)23(30)25-17-10-12-27(13-11-17)15-22(29)24-16-6-2-1-3-7-16/h1-9,17,19H,10-15H2,(H,24,29)(H,25,30)(H,26,28)/t19-/m1/s1. The highest BCUT2D eigenvalue weighted by Gasteiger charge is 2.32. The van der Waals surface area contributed by atoms with Gasteiger partial charge in [-0.15, -0.1) is 0 Å². The van der Waals surface area contributed by atoms with Crippen LogP contribution in [0.25, 0.3) is 0 Å². The Morgan fingerprint density at radius 3 is 2.47 bits per heavy atom. The van der Waals surface area contributed by atoms with Crippen molar-refractivity contribution in [2.45, 2.75) is 31.2 Å². The highest BCUT2D eigenvalue weighted by Crippen LogP contribution is 2.32. The summed E-state index contributed by atoms with van der Waals surface area (Å²) in [7, 11) is 0. The molecule has 0 aromatic heterocycles. The van der Waals surface area contributed by atoms with Crippen LogP contribution < -0.4 is 16.0 Å². The van der Waals surface area contributed by atoms with Gasteiger partial charge in [-0.2, -0.15) is 0 Å². The zero-order valence-electron chi connectivity index (χ0n) is 16.8. The van der Waals surface area contributed by atoms with E-state index in [1.807, 2.05) is 54.6 Å². The number of carbonyl (C=O) groups is 3. The minimum atomic E-state index is -0.454. The Kier molecular flexibility index (Phi) is 6.09. The van der Waals surface area contributed by atoms with Crippen LogP contribution in [0.2, 0.25) is 0 Å². The molecular formula is C23H26N4O3. The molecule has 0 aliphatic carbocycles. The molecule has 1 fully saturated rings. The molecule has 0 saturated carbocycles. The van der Waals surface area contributed by atoms with Gasteiger partial charge in [-0.25, -0.2) is 0 Å². The van der Waals surface area contributed by atoms with Gasteiger partial charge in [-0.05, 0) is 36.6 Å². The second-order valence-corrected chi connectivity index (χ2v) is 7.87. The Balaban J connectivity index is 1.26. The van der Waals surface area contributed by atoms with Gasteiger partial charge in [0.2, 0.25) is 17.7 Å². The number of carbonyl (C=O) groups excluding carboxylic acids is 3. The Labute approximate surface area is 175 Å². The summed E-state index contributed by atoms with van der Waals surface area (Å²) in [6.07, 6.45) is 1.73. The number of nitrogens with zero attached hydrogens (tertiary/aromatic N) is 1. The lowest BCUT2D eigenvalue weighted by molar-refractivity contribution is -0.127. The summed E-state index contributed by atoms with van der Waals surface area (Å²) in [4.78, 5) is 39.2. The third-order valence-corrected chi connectivity index (χ3v) is 5.68. The Morgan fingerprint density at radius 2 is 1.70 bits per heavy atom. The molecule has 7 nitrogen and oxygen atoms in total. The first-order valence-electron chi connectivity index (χ1n) is 10.3. The van der Waals surface area contributed by atoms with Crippen LogP contribution in [0.1, 0.15) is 30.7 Å². The van der Waals surface area contributed by atoms with Gasteiger partial charge in [0, 0.05) is 36.9 Å². The van der Waals surface area contributed by atoms with Crippen molar-refractivity contribution < 1.29 is 14.4 Å². The van der Waals surface area contributed by atoms with Gasteiger partial charge in [-0.1, -0.05) is 36.4 Å². The van der Waals surface area contributed by atoms with Gasteiger partial charge in [0.15, 0.2) is 0 Å². The van der Waals surface area contributed by atoms with Crippen LogP contribution in [0.5, 0.6) is 0 Å². The maximum absolute atomic E-state index is 12.9. The Bertz CT molecular complexity index is 923. The number of nitrogens with one attached hydrogen (secondary N) is 3. The molecule has 2 aliphatic rings. The van der Waals surface area contributed by atoms with Gasteiger partial charge in [0.05, 0.1) is 12.5 Å². The lowest BCUT2D eigenvalue weighted by Crippen LogP contribution is -2.48. The zero-order chi connectivity index (χ0) is 20.9. The predicted molar refractivity (Wildman–Crippen MR) is 115 cm³/mol. The van der Waals surface area contributed by atoms with Crippen molar-refractivity contribution in [3.63, 3.8) is 0 Å². The third kappa shape index (κ3) is 4.86. The van der Waals surface area contributed by atoms with Crippen molar-refractivity contribution in [3.8, 4) is 0 Å². The fourth-order valence-corrected chi connectivity index (χ4v) is 4.11. The molecule has 1 saturated heterocycles. The van der Waals surface area contributed by atoms with Crippen LogP contribution in [0.4, 0.5) is 11.4 Å². The molecule has 156 valence electrons. The minimum Gasteiger partial charge on any atom is -0.353 e. The summed E-state index contributed by atoms with van der Waals surface area (Å²) < 4.78 is 0. The number of piperidine rings is 1. The predicted octanol–water partition coefficient (Wildman–Crippen LogP) is 2.33. The van der Waals surface area contributed by atoms with E-state index in [2.05, 4.69) is 20.9 Å². The fraction of sp³-hybridized carbons (Fsp3) is 0.348. The molecule has 2 aliphatic heterocycles. The number of anilines is 2. The quantitative estimate of drug-likeness (QED) is 0.711. The largest absolute Gasteiger partial charge is 0.353 e. The summed E-state index contributed by atoms with van der Waals surface area (Å²) in [5.41, 5.74) is 2.37. The van der Waals surface area contributed by atoms with E-state index in [1.165, 1.54) is 0 Å². The third-order valence-electron chi connectivity index (χ3n) is 5.68. The first-order valence-corrected chi connectivity index (χ1v) is 10.3. The van der Waals surface area contributed by atoms with Crippen LogP contribution in [0, 0.1) is 0 Å². The number of likely N-dealkylation sites (tertiary alicyclic amines) is 1. The molecule has 2 heterocycles. The van der Waals surface area contributed by atoms with Crippen molar-refractivity contribution >= 4 is 29.1 Å². The number of amides is 3. The molecule has 0 bridgehead atoms. The number of fused-ring (bicyclic) bond motifs is 1. The molecular weight excluding hydrogens is 380 g/mol. The van der Waals surface area contributed by atoms with Crippen molar-refractivity contribution in [3.05, 3.63) is 60.2 Å². The SMILES string of the molecule is O=C(CN1CCC(NC(=O)[C@@H]2CC(=O)Nc3ccccc32)CC1)Nc1ccccc1. The van der Waals surface area contributed by atoms with Crippen molar-refractivity contribution in [1.29, 1.82) is 0 Å². The van der Waals surface area contributed by atoms with E-state index in [-0.39, 0.29) is 30.2 Å². The lowest BCUT2D eigenvalue weighted by Gasteiger charge is -2.33. The van der Waals surface area contributed by atoms with Crippen LogP contribution in [-0.2, 0) is 14.4 Å². The normalized spacial score (nSPS) is 19.5. The number of hydrogen-bond donors (Lipinski definition) is 3. The smallest absolute Gasteiger partial charge is 0.238 e. The Hall–Kier alpha value is -3.19. The van der Waals surface area contributed by atoms with E-state index < -0.39 is 5.92 Å². The average molecular weight is 406 g/mol. The molecule has 3 amide bonds. The molecule has 3 N–H and O–H groups in total. The van der Waals surface area contributed by atoms with Gasteiger partial charge in [0.25, 0.3) is 0 Å². The van der Waals surface area contributed by atoms with Crippen molar-refractivity contribution in [2.24, 2.45) is 0 Å². The number of rotatable bonds is 5. The summed E-state index contributed by atoms with van der Waals surface area (Å²) in [5.74, 6) is -0.719. The molecule has 1 atom stereocenters. The molecule has 4 rings (SSSR count). The van der Waals surface area contributed by atoms with Crippen LogP contribution in [0.15, 0.2) is 54.6 Å². The molecule has 0 spiro atoms. The topological polar surface area (TPSA) is 90.5 Å².